The molecule has 2 aromatic rings. The van der Waals surface area contributed by atoms with Gasteiger partial charge in [-0.2, -0.15) is 9.48 Å². The minimum absolute atomic E-state index is 0.185. The third kappa shape index (κ3) is 2.64. The summed E-state index contributed by atoms with van der Waals surface area (Å²) in [6.07, 6.45) is 2.86. The lowest BCUT2D eigenvalue weighted by molar-refractivity contribution is -0.407. The van der Waals surface area contributed by atoms with Crippen molar-refractivity contribution in [3.63, 3.8) is 0 Å². The van der Waals surface area contributed by atoms with Crippen LogP contribution in [0, 0.1) is 5.92 Å². The molecule has 3 heterocycles. The molecule has 4 rings (SSSR count). The Kier molecular flexibility index (Phi) is 3.99. The van der Waals surface area contributed by atoms with E-state index in [-0.39, 0.29) is 28.3 Å². The molecule has 2 aliphatic rings. The number of carbonyl (C=O) groups is 3. The Balaban J connectivity index is 1.70. The summed E-state index contributed by atoms with van der Waals surface area (Å²) in [4.78, 5) is 54.6. The number of hydrogen-bond donors (Lipinski definition) is 1. The normalized spacial score (nSPS) is 19.0. The van der Waals surface area contributed by atoms with Crippen molar-refractivity contribution >= 4 is 40.9 Å². The molecule has 0 fully saturated rings. The number of para-hydroxylation sites is 1. The Hall–Kier alpha value is -3.88. The summed E-state index contributed by atoms with van der Waals surface area (Å²) in [5, 5.41) is 2.97. The first-order valence-electron chi connectivity index (χ1n) is 8.39. The first-order valence-corrected chi connectivity index (χ1v) is 8.39. The van der Waals surface area contributed by atoms with E-state index in [4.69, 9.17) is 4.42 Å². The molecule has 0 bridgehead atoms. The Morgan fingerprint density at radius 1 is 1.25 bits per heavy atom. The largest absolute Gasteiger partial charge is 0.451 e. The van der Waals surface area contributed by atoms with E-state index in [1.165, 1.54) is 31.0 Å². The smallest absolute Gasteiger partial charge is 0.445 e. The molecule has 1 aromatic carbocycles. The van der Waals surface area contributed by atoms with Gasteiger partial charge in [0.15, 0.2) is 17.1 Å². The van der Waals surface area contributed by atoms with Gasteiger partial charge in [0.05, 0.1) is 19.5 Å². The fourth-order valence-corrected chi connectivity index (χ4v) is 3.16. The molecule has 1 N–H and O–H groups in total. The monoisotopic (exact) mass is 379 g/mol. The van der Waals surface area contributed by atoms with Crippen LogP contribution in [0.1, 0.15) is 10.6 Å². The number of aliphatic imine (C=N–C) groups is 1. The maximum Gasteiger partial charge on any atom is 0.445 e. The second kappa shape index (κ2) is 6.38. The Morgan fingerprint density at radius 3 is 2.79 bits per heavy atom. The van der Waals surface area contributed by atoms with Gasteiger partial charge in [-0.05, 0) is 18.2 Å². The lowest BCUT2D eigenvalue weighted by Crippen LogP contribution is -2.54. The van der Waals surface area contributed by atoms with Crippen LogP contribution in [-0.4, -0.2) is 53.5 Å². The summed E-state index contributed by atoms with van der Waals surface area (Å²) in [5.41, 5.74) is 0.171. The molecule has 1 unspecified atom stereocenters. The van der Waals surface area contributed by atoms with Crippen LogP contribution in [-0.2, 0) is 4.79 Å². The quantitative estimate of drug-likeness (QED) is 0.774. The maximum absolute atomic E-state index is 12.7. The molecule has 4 amide bonds. The SMILES string of the molecule is CN1C(=O)C2C(NC(=O)c3cc(=O)c4ccccc4o3)=CC=NC2=[N+](C)C1=O. The highest BCUT2D eigenvalue weighted by Gasteiger charge is 2.47. The number of urea groups is 1. The van der Waals surface area contributed by atoms with Crippen molar-refractivity contribution in [1.82, 2.24) is 10.2 Å². The van der Waals surface area contributed by atoms with Gasteiger partial charge >= 0.3 is 11.9 Å². The van der Waals surface area contributed by atoms with Gasteiger partial charge in [-0.3, -0.25) is 14.4 Å². The van der Waals surface area contributed by atoms with Crippen molar-refractivity contribution < 1.29 is 23.4 Å². The summed E-state index contributed by atoms with van der Waals surface area (Å²) >= 11 is 0. The summed E-state index contributed by atoms with van der Waals surface area (Å²) < 4.78 is 6.78. The number of hydrogen-bond acceptors (Lipinski definition) is 6. The molecule has 2 aliphatic heterocycles. The van der Waals surface area contributed by atoms with Crippen LogP contribution >= 0.6 is 0 Å². The fraction of sp³-hybridized carbons (Fsp3) is 0.158. The van der Waals surface area contributed by atoms with Crippen LogP contribution in [0.5, 0.6) is 0 Å². The average Bonchev–Trinajstić information content (AvgIpc) is 2.70. The summed E-state index contributed by atoms with van der Waals surface area (Å²) in [6, 6.07) is 7.18. The second-order valence-electron chi connectivity index (χ2n) is 6.36. The van der Waals surface area contributed by atoms with Crippen molar-refractivity contribution in [3.05, 3.63) is 58.1 Å². The predicted octanol–water partition coefficient (Wildman–Crippen LogP) is 0.740. The lowest BCUT2D eigenvalue weighted by Gasteiger charge is -2.26. The van der Waals surface area contributed by atoms with E-state index in [1.54, 1.807) is 24.3 Å². The molecule has 9 nitrogen and oxygen atoms in total. The maximum atomic E-state index is 12.7. The number of allylic oxidation sites excluding steroid dienone is 1. The zero-order valence-corrected chi connectivity index (χ0v) is 15.0. The van der Waals surface area contributed by atoms with Crippen LogP contribution in [0.3, 0.4) is 0 Å². The number of benzene rings is 1. The molecule has 0 spiro atoms. The van der Waals surface area contributed by atoms with Crippen LogP contribution in [0.15, 0.2) is 56.3 Å². The zero-order valence-electron chi connectivity index (χ0n) is 15.0. The number of amidine groups is 1. The lowest BCUT2D eigenvalue weighted by atomic mass is 9.98. The predicted molar refractivity (Wildman–Crippen MR) is 99.4 cm³/mol. The summed E-state index contributed by atoms with van der Waals surface area (Å²) in [5.74, 6) is -2.10. The number of nitrogens with one attached hydrogen (secondary N) is 1. The highest BCUT2D eigenvalue weighted by Crippen LogP contribution is 2.22. The van der Waals surface area contributed by atoms with Crippen molar-refractivity contribution in [2.45, 2.75) is 0 Å². The van der Waals surface area contributed by atoms with Gasteiger partial charge in [0.25, 0.3) is 11.7 Å². The van der Waals surface area contributed by atoms with E-state index in [1.807, 2.05) is 0 Å². The molecule has 0 saturated heterocycles. The minimum Gasteiger partial charge on any atom is -0.451 e. The van der Waals surface area contributed by atoms with Gasteiger partial charge in [0, 0.05) is 11.8 Å². The number of dihydropyridines is 1. The van der Waals surface area contributed by atoms with Crippen molar-refractivity contribution in [1.29, 1.82) is 0 Å². The van der Waals surface area contributed by atoms with Crippen LogP contribution < -0.4 is 10.7 Å². The summed E-state index contributed by atoms with van der Waals surface area (Å²) in [7, 11) is 2.86. The number of imide groups is 1. The van der Waals surface area contributed by atoms with Gasteiger partial charge in [0.2, 0.25) is 0 Å². The molecule has 0 saturated carbocycles. The Labute approximate surface area is 158 Å². The van der Waals surface area contributed by atoms with E-state index >= 15 is 0 Å². The van der Waals surface area contributed by atoms with Crippen LogP contribution in [0.25, 0.3) is 11.0 Å². The van der Waals surface area contributed by atoms with Crippen molar-refractivity contribution in [2.24, 2.45) is 10.9 Å². The first-order chi connectivity index (χ1) is 13.4. The van der Waals surface area contributed by atoms with Gasteiger partial charge in [-0.1, -0.05) is 12.1 Å². The van der Waals surface area contributed by atoms with E-state index in [9.17, 15) is 19.2 Å². The number of amides is 4. The highest BCUT2D eigenvalue weighted by molar-refractivity contribution is 6.16. The van der Waals surface area contributed by atoms with Gasteiger partial charge in [-0.25, -0.2) is 4.79 Å². The average molecular weight is 379 g/mol. The standard InChI is InChI=1S/C19H14N4O5/c1-22-16-15(18(26)23(2)19(22)27)11(7-8-20-16)21-17(25)14-9-12(24)10-5-3-4-6-13(10)28-14/h3-9,15H,1-2H3/p+1. The fourth-order valence-electron chi connectivity index (χ4n) is 3.16. The molecule has 1 atom stereocenters. The van der Waals surface area contributed by atoms with Crippen molar-refractivity contribution in [3.8, 4) is 0 Å². The van der Waals surface area contributed by atoms with Gasteiger partial charge in [0.1, 0.15) is 11.8 Å². The third-order valence-electron chi connectivity index (χ3n) is 4.64. The highest BCUT2D eigenvalue weighted by atomic mass is 16.3. The van der Waals surface area contributed by atoms with Crippen molar-refractivity contribution in [2.75, 3.05) is 14.1 Å². The Morgan fingerprint density at radius 2 is 2.00 bits per heavy atom. The van der Waals surface area contributed by atoms with E-state index in [0.29, 0.717) is 5.39 Å². The molecule has 140 valence electrons. The zero-order chi connectivity index (χ0) is 20.0. The van der Waals surface area contributed by atoms with Gasteiger partial charge < -0.3 is 9.73 Å². The van der Waals surface area contributed by atoms with Gasteiger partial charge in [-0.15, -0.1) is 4.99 Å². The van der Waals surface area contributed by atoms with E-state index in [2.05, 4.69) is 10.3 Å². The van der Waals surface area contributed by atoms with E-state index < -0.39 is 23.8 Å². The molecular formula is C19H15N4O5+. The first kappa shape index (κ1) is 17.5. The number of nitrogens with zero attached hydrogens (tertiary/aromatic N) is 3. The summed E-state index contributed by atoms with van der Waals surface area (Å²) in [6.45, 7) is 0. The molecule has 0 radical (unpaired) electrons. The molecule has 0 aliphatic carbocycles. The second-order valence-corrected chi connectivity index (χ2v) is 6.36. The molecule has 9 heteroatoms. The Bertz CT molecular complexity index is 1200. The van der Waals surface area contributed by atoms with Crippen LogP contribution in [0.4, 0.5) is 4.79 Å². The number of fused-ring (bicyclic) bond motifs is 2. The molecule has 28 heavy (non-hydrogen) atoms. The third-order valence-corrected chi connectivity index (χ3v) is 4.64. The van der Waals surface area contributed by atoms with E-state index in [0.717, 1.165) is 11.0 Å². The topological polar surface area (TPSA) is 112 Å². The molecular weight excluding hydrogens is 364 g/mol. The minimum atomic E-state index is -0.936. The number of carbonyl (C=O) groups excluding carboxylic acids is 3. The van der Waals surface area contributed by atoms with Crippen LogP contribution in [0.2, 0.25) is 0 Å². The number of rotatable bonds is 2. The molecule has 1 aromatic heterocycles.